The van der Waals surface area contributed by atoms with Crippen molar-refractivity contribution in [3.63, 3.8) is 0 Å². The van der Waals surface area contributed by atoms with E-state index in [0.29, 0.717) is 5.92 Å². The van der Waals surface area contributed by atoms with Gasteiger partial charge in [0.1, 0.15) is 11.5 Å². The Morgan fingerprint density at radius 2 is 1.80 bits per heavy atom. The van der Waals surface area contributed by atoms with Crippen LogP contribution in [0, 0.1) is 6.92 Å². The highest BCUT2D eigenvalue weighted by Crippen LogP contribution is 2.29. The fourth-order valence-corrected chi connectivity index (χ4v) is 2.47. The van der Waals surface area contributed by atoms with E-state index in [1.54, 1.807) is 0 Å². The minimum absolute atomic E-state index is 0.546. The van der Waals surface area contributed by atoms with Crippen molar-refractivity contribution in [1.82, 2.24) is 0 Å². The normalized spacial score (nSPS) is 12.2. The average molecular weight is 269 g/mol. The van der Waals surface area contributed by atoms with Crippen LogP contribution < -0.4 is 10.5 Å². The molecule has 2 nitrogen and oxygen atoms in total. The summed E-state index contributed by atoms with van der Waals surface area (Å²) in [6.45, 7) is 5.17. The predicted molar refractivity (Wildman–Crippen MR) is 84.4 cm³/mol. The van der Waals surface area contributed by atoms with Crippen LogP contribution in [0.4, 0.5) is 0 Å². The Morgan fingerprint density at radius 1 is 1.05 bits per heavy atom. The van der Waals surface area contributed by atoms with Gasteiger partial charge in [-0.2, -0.15) is 0 Å². The molecule has 0 aromatic heterocycles. The quantitative estimate of drug-likeness (QED) is 0.829. The first-order valence-electron chi connectivity index (χ1n) is 7.24. The molecule has 2 heteroatoms. The molecule has 1 unspecified atom stereocenters. The van der Waals surface area contributed by atoms with Gasteiger partial charge in [0.2, 0.25) is 0 Å². The number of hydrogen-bond acceptors (Lipinski definition) is 2. The molecule has 0 aliphatic rings. The summed E-state index contributed by atoms with van der Waals surface area (Å²) in [5.41, 5.74) is 8.25. The molecule has 106 valence electrons. The zero-order chi connectivity index (χ0) is 14.4. The topological polar surface area (TPSA) is 35.2 Å². The first-order valence-corrected chi connectivity index (χ1v) is 7.24. The molecule has 0 spiro atoms. The van der Waals surface area contributed by atoms with Crippen LogP contribution in [0.2, 0.25) is 0 Å². The molecular weight excluding hydrogens is 246 g/mol. The van der Waals surface area contributed by atoms with Crippen LogP contribution in [-0.4, -0.2) is 6.54 Å². The second kappa shape index (κ2) is 7.11. The van der Waals surface area contributed by atoms with E-state index in [1.807, 2.05) is 36.4 Å². The molecule has 20 heavy (non-hydrogen) atoms. The number of nitrogens with two attached hydrogens (primary N) is 1. The molecule has 2 N–H and O–H groups in total. The molecule has 2 rings (SSSR count). The van der Waals surface area contributed by atoms with Crippen molar-refractivity contribution in [3.8, 4) is 11.5 Å². The molecule has 0 saturated carbocycles. The molecule has 1 atom stereocenters. The molecule has 2 aromatic rings. The summed E-state index contributed by atoms with van der Waals surface area (Å²) in [6.07, 6.45) is 2.21. The molecule has 0 aliphatic heterocycles. The molecule has 0 heterocycles. The molecule has 0 amide bonds. The van der Waals surface area contributed by atoms with E-state index in [4.69, 9.17) is 10.5 Å². The van der Waals surface area contributed by atoms with E-state index < -0.39 is 0 Å². The van der Waals surface area contributed by atoms with E-state index in [1.165, 1.54) is 11.1 Å². The summed E-state index contributed by atoms with van der Waals surface area (Å²) in [6, 6.07) is 16.2. The van der Waals surface area contributed by atoms with Gasteiger partial charge < -0.3 is 10.5 Å². The smallest absolute Gasteiger partial charge is 0.127 e. The minimum atomic E-state index is 0.546. The van der Waals surface area contributed by atoms with Crippen molar-refractivity contribution >= 4 is 0 Å². The number of ether oxygens (including phenoxy) is 1. The van der Waals surface area contributed by atoms with Crippen molar-refractivity contribution in [1.29, 1.82) is 0 Å². The second-order valence-electron chi connectivity index (χ2n) is 5.27. The molecule has 0 radical (unpaired) electrons. The van der Waals surface area contributed by atoms with Crippen LogP contribution in [0.15, 0.2) is 48.5 Å². The first-order chi connectivity index (χ1) is 9.70. The van der Waals surface area contributed by atoms with Gasteiger partial charge in [0.25, 0.3) is 0 Å². The lowest BCUT2D eigenvalue weighted by Gasteiger charge is -2.15. The number of benzene rings is 2. The lowest BCUT2D eigenvalue weighted by atomic mass is 9.92. The third-order valence-corrected chi connectivity index (χ3v) is 3.59. The Morgan fingerprint density at radius 3 is 2.45 bits per heavy atom. The Balaban J connectivity index is 2.09. The number of rotatable bonds is 6. The largest absolute Gasteiger partial charge is 0.457 e. The summed E-state index contributed by atoms with van der Waals surface area (Å²) in [5.74, 6) is 2.31. The minimum Gasteiger partial charge on any atom is -0.457 e. The van der Waals surface area contributed by atoms with Crippen molar-refractivity contribution < 1.29 is 4.74 Å². The lowest BCUT2D eigenvalue weighted by Crippen LogP contribution is -2.03. The fourth-order valence-electron chi connectivity index (χ4n) is 2.47. The maximum absolute atomic E-state index is 5.86. The monoisotopic (exact) mass is 269 g/mol. The zero-order valence-corrected chi connectivity index (χ0v) is 12.3. The molecule has 0 fully saturated rings. The van der Waals surface area contributed by atoms with E-state index in [9.17, 15) is 0 Å². The Hall–Kier alpha value is -1.80. The van der Waals surface area contributed by atoms with Gasteiger partial charge in [-0.25, -0.2) is 0 Å². The van der Waals surface area contributed by atoms with Crippen LogP contribution >= 0.6 is 0 Å². The SMILES string of the molecule is Cc1cc(Oc2ccccc2)ccc1C(C)CCCN. The van der Waals surface area contributed by atoms with Gasteiger partial charge in [0, 0.05) is 0 Å². The number of aryl methyl sites for hydroxylation is 1. The summed E-state index contributed by atoms with van der Waals surface area (Å²) >= 11 is 0. The standard InChI is InChI=1S/C18H23NO/c1-14(7-6-12-19)18-11-10-17(13-15(18)2)20-16-8-4-3-5-9-16/h3-5,8-11,13-14H,6-7,12,19H2,1-2H3. The van der Waals surface area contributed by atoms with Crippen LogP contribution in [0.3, 0.4) is 0 Å². The number of hydrogen-bond donors (Lipinski definition) is 1. The molecular formula is C18H23NO. The highest BCUT2D eigenvalue weighted by Gasteiger charge is 2.09. The van der Waals surface area contributed by atoms with E-state index in [-0.39, 0.29) is 0 Å². The third kappa shape index (κ3) is 3.84. The Bertz CT molecular complexity index is 536. The average Bonchev–Trinajstić information content (AvgIpc) is 2.46. The van der Waals surface area contributed by atoms with Gasteiger partial charge in [-0.05, 0) is 67.6 Å². The third-order valence-electron chi connectivity index (χ3n) is 3.59. The summed E-state index contributed by atoms with van der Waals surface area (Å²) in [7, 11) is 0. The first kappa shape index (κ1) is 14.6. The maximum atomic E-state index is 5.86. The van der Waals surface area contributed by atoms with Gasteiger partial charge in [0.05, 0.1) is 0 Å². The van der Waals surface area contributed by atoms with E-state index in [0.717, 1.165) is 30.9 Å². The molecule has 0 bridgehead atoms. The van der Waals surface area contributed by atoms with Crippen LogP contribution in [0.25, 0.3) is 0 Å². The highest BCUT2D eigenvalue weighted by atomic mass is 16.5. The lowest BCUT2D eigenvalue weighted by molar-refractivity contribution is 0.481. The van der Waals surface area contributed by atoms with Gasteiger partial charge in [-0.3, -0.25) is 0 Å². The van der Waals surface area contributed by atoms with Gasteiger partial charge in [-0.1, -0.05) is 31.2 Å². The summed E-state index contributed by atoms with van der Waals surface area (Å²) in [5, 5.41) is 0. The maximum Gasteiger partial charge on any atom is 0.127 e. The second-order valence-corrected chi connectivity index (χ2v) is 5.27. The van der Waals surface area contributed by atoms with Gasteiger partial charge in [0.15, 0.2) is 0 Å². The van der Waals surface area contributed by atoms with Crippen molar-refractivity contribution in [2.24, 2.45) is 5.73 Å². The molecule has 2 aromatic carbocycles. The van der Waals surface area contributed by atoms with Crippen molar-refractivity contribution in [2.75, 3.05) is 6.54 Å². The van der Waals surface area contributed by atoms with Crippen LogP contribution in [-0.2, 0) is 0 Å². The summed E-state index contributed by atoms with van der Waals surface area (Å²) < 4.78 is 5.86. The fraction of sp³-hybridized carbons (Fsp3) is 0.333. The van der Waals surface area contributed by atoms with E-state index in [2.05, 4.69) is 26.0 Å². The van der Waals surface area contributed by atoms with Crippen LogP contribution in [0.5, 0.6) is 11.5 Å². The van der Waals surface area contributed by atoms with E-state index >= 15 is 0 Å². The van der Waals surface area contributed by atoms with Gasteiger partial charge in [-0.15, -0.1) is 0 Å². The zero-order valence-electron chi connectivity index (χ0n) is 12.3. The Labute approximate surface area is 121 Å². The summed E-state index contributed by atoms with van der Waals surface area (Å²) in [4.78, 5) is 0. The van der Waals surface area contributed by atoms with Gasteiger partial charge >= 0.3 is 0 Å². The predicted octanol–water partition coefficient (Wildman–Crippen LogP) is 4.63. The highest BCUT2D eigenvalue weighted by molar-refractivity contribution is 5.39. The Kier molecular flexibility index (Phi) is 5.19. The molecule has 0 saturated heterocycles. The van der Waals surface area contributed by atoms with Crippen molar-refractivity contribution in [2.45, 2.75) is 32.6 Å². The van der Waals surface area contributed by atoms with Crippen molar-refractivity contribution in [3.05, 3.63) is 59.7 Å². The number of para-hydroxylation sites is 1. The van der Waals surface area contributed by atoms with Crippen LogP contribution in [0.1, 0.15) is 36.8 Å². The molecule has 0 aliphatic carbocycles.